The van der Waals surface area contributed by atoms with Gasteiger partial charge in [-0.05, 0) is 28.7 Å². The van der Waals surface area contributed by atoms with Crippen molar-refractivity contribution in [2.24, 2.45) is 0 Å². The molecule has 6 nitrogen and oxygen atoms in total. The van der Waals surface area contributed by atoms with Crippen LogP contribution in [0.25, 0.3) is 0 Å². The lowest BCUT2D eigenvalue weighted by atomic mass is 9.86. The van der Waals surface area contributed by atoms with Crippen LogP contribution in [-0.4, -0.2) is 44.6 Å². The molecular weight excluding hydrogens is 424 g/mol. The minimum atomic E-state index is -3.59. The number of hydrogen-bond acceptors (Lipinski definition) is 4. The first kappa shape index (κ1) is 24.2. The van der Waals surface area contributed by atoms with Crippen LogP contribution >= 0.6 is 11.6 Å². The number of halogens is 1. The first-order valence-electron chi connectivity index (χ1n) is 9.66. The van der Waals surface area contributed by atoms with Gasteiger partial charge in [0.2, 0.25) is 15.9 Å². The smallest absolute Gasteiger partial charge is 0.235 e. The van der Waals surface area contributed by atoms with Gasteiger partial charge in [0.25, 0.3) is 0 Å². The standard InChI is InChI=1S/C22H29ClN2O4S/c1-22(2,3)18-10-6-8-12-20(18)29-14-13-24-21(26)16-25(30(4,27)28)15-17-9-5-7-11-19(17)23/h5-12H,13-16H2,1-4H3,(H,24,26). The molecule has 0 fully saturated rings. The fourth-order valence-electron chi connectivity index (χ4n) is 2.89. The Morgan fingerprint density at radius 3 is 2.37 bits per heavy atom. The van der Waals surface area contributed by atoms with Gasteiger partial charge in [-0.15, -0.1) is 0 Å². The number of nitrogens with one attached hydrogen (secondary N) is 1. The van der Waals surface area contributed by atoms with Crippen molar-refractivity contribution < 1.29 is 17.9 Å². The van der Waals surface area contributed by atoms with Gasteiger partial charge < -0.3 is 10.1 Å². The van der Waals surface area contributed by atoms with Crippen molar-refractivity contribution in [3.8, 4) is 5.75 Å². The summed E-state index contributed by atoms with van der Waals surface area (Å²) in [6.45, 7) is 6.61. The minimum Gasteiger partial charge on any atom is -0.491 e. The Labute approximate surface area is 184 Å². The molecule has 8 heteroatoms. The highest BCUT2D eigenvalue weighted by molar-refractivity contribution is 7.88. The summed E-state index contributed by atoms with van der Waals surface area (Å²) in [5.41, 5.74) is 1.66. The molecule has 30 heavy (non-hydrogen) atoms. The number of carbonyl (C=O) groups excluding carboxylic acids is 1. The molecule has 0 bridgehead atoms. The number of para-hydroxylation sites is 1. The van der Waals surface area contributed by atoms with Crippen LogP contribution in [0.4, 0.5) is 0 Å². The zero-order valence-electron chi connectivity index (χ0n) is 17.8. The molecule has 0 unspecified atom stereocenters. The van der Waals surface area contributed by atoms with E-state index >= 15 is 0 Å². The molecule has 0 atom stereocenters. The number of amides is 1. The van der Waals surface area contributed by atoms with E-state index in [0.29, 0.717) is 10.6 Å². The van der Waals surface area contributed by atoms with E-state index in [1.807, 2.05) is 24.3 Å². The van der Waals surface area contributed by atoms with E-state index in [0.717, 1.165) is 21.9 Å². The van der Waals surface area contributed by atoms with Gasteiger partial charge in [-0.3, -0.25) is 4.79 Å². The van der Waals surface area contributed by atoms with Gasteiger partial charge in [-0.1, -0.05) is 68.8 Å². The zero-order chi connectivity index (χ0) is 22.4. The predicted octanol–water partition coefficient (Wildman–Crippen LogP) is 3.59. The maximum absolute atomic E-state index is 12.3. The lowest BCUT2D eigenvalue weighted by Gasteiger charge is -2.23. The number of carbonyl (C=O) groups is 1. The van der Waals surface area contributed by atoms with Crippen LogP contribution in [0, 0.1) is 0 Å². The molecule has 2 aromatic carbocycles. The van der Waals surface area contributed by atoms with Crippen molar-refractivity contribution in [2.45, 2.75) is 32.7 Å². The van der Waals surface area contributed by atoms with E-state index in [-0.39, 0.29) is 31.7 Å². The average Bonchev–Trinajstić information content (AvgIpc) is 2.65. The fraction of sp³-hybridized carbons (Fsp3) is 0.409. The molecule has 2 rings (SSSR count). The number of benzene rings is 2. The van der Waals surface area contributed by atoms with E-state index in [9.17, 15) is 13.2 Å². The third-order valence-corrected chi connectivity index (χ3v) is 6.04. The van der Waals surface area contributed by atoms with Crippen LogP contribution in [0.5, 0.6) is 5.75 Å². The SMILES string of the molecule is CC(C)(C)c1ccccc1OCCNC(=O)CN(Cc1ccccc1Cl)S(C)(=O)=O. The van der Waals surface area contributed by atoms with Crippen molar-refractivity contribution in [1.29, 1.82) is 0 Å². The number of hydrogen-bond donors (Lipinski definition) is 1. The number of sulfonamides is 1. The van der Waals surface area contributed by atoms with Gasteiger partial charge in [0.15, 0.2) is 0 Å². The summed E-state index contributed by atoms with van der Waals surface area (Å²) in [7, 11) is -3.59. The normalized spacial score (nSPS) is 12.1. The molecule has 0 spiro atoms. The molecule has 2 aromatic rings. The van der Waals surface area contributed by atoms with Gasteiger partial charge >= 0.3 is 0 Å². The van der Waals surface area contributed by atoms with Crippen LogP contribution in [0.15, 0.2) is 48.5 Å². The molecule has 164 valence electrons. The number of ether oxygens (including phenoxy) is 1. The third-order valence-electron chi connectivity index (χ3n) is 4.47. The molecule has 0 saturated heterocycles. The van der Waals surface area contributed by atoms with Crippen molar-refractivity contribution in [3.05, 3.63) is 64.7 Å². The van der Waals surface area contributed by atoms with E-state index in [2.05, 4.69) is 26.1 Å². The summed E-state index contributed by atoms with van der Waals surface area (Å²) < 4.78 is 31.1. The van der Waals surface area contributed by atoms with Crippen molar-refractivity contribution in [2.75, 3.05) is 26.0 Å². The van der Waals surface area contributed by atoms with Crippen molar-refractivity contribution in [1.82, 2.24) is 9.62 Å². The Balaban J connectivity index is 1.91. The van der Waals surface area contributed by atoms with E-state index < -0.39 is 15.9 Å². The minimum absolute atomic E-state index is 0.0292. The van der Waals surface area contributed by atoms with Gasteiger partial charge in [-0.2, -0.15) is 4.31 Å². The Hall–Kier alpha value is -2.09. The second-order valence-electron chi connectivity index (χ2n) is 8.07. The zero-order valence-corrected chi connectivity index (χ0v) is 19.4. The Kier molecular flexibility index (Phi) is 8.29. The third kappa shape index (κ3) is 7.31. The summed E-state index contributed by atoms with van der Waals surface area (Å²) in [5, 5.41) is 3.17. The summed E-state index contributed by atoms with van der Waals surface area (Å²) in [5.74, 6) is 0.371. The molecule has 1 N–H and O–H groups in total. The van der Waals surface area contributed by atoms with Crippen molar-refractivity contribution >= 4 is 27.5 Å². The van der Waals surface area contributed by atoms with Crippen LogP contribution in [-0.2, 0) is 26.8 Å². The van der Waals surface area contributed by atoms with Crippen LogP contribution in [0.2, 0.25) is 5.02 Å². The van der Waals surface area contributed by atoms with Gasteiger partial charge in [0, 0.05) is 11.6 Å². The average molecular weight is 453 g/mol. The van der Waals surface area contributed by atoms with Crippen molar-refractivity contribution in [3.63, 3.8) is 0 Å². The van der Waals surface area contributed by atoms with E-state index in [1.54, 1.807) is 24.3 Å². The van der Waals surface area contributed by atoms with Gasteiger partial charge in [0.05, 0.1) is 19.3 Å². The quantitative estimate of drug-likeness (QED) is 0.590. The van der Waals surface area contributed by atoms with E-state index in [1.165, 1.54) is 0 Å². The topological polar surface area (TPSA) is 75.7 Å². The molecule has 0 heterocycles. The highest BCUT2D eigenvalue weighted by Crippen LogP contribution is 2.30. The second-order valence-corrected chi connectivity index (χ2v) is 10.5. The lowest BCUT2D eigenvalue weighted by Crippen LogP contribution is -2.41. The van der Waals surface area contributed by atoms with Crippen LogP contribution in [0.3, 0.4) is 0 Å². The molecule has 0 aliphatic rings. The van der Waals surface area contributed by atoms with E-state index in [4.69, 9.17) is 16.3 Å². The highest BCUT2D eigenvalue weighted by Gasteiger charge is 2.22. The molecule has 0 saturated carbocycles. The monoisotopic (exact) mass is 452 g/mol. The predicted molar refractivity (Wildman–Crippen MR) is 120 cm³/mol. The maximum atomic E-state index is 12.3. The lowest BCUT2D eigenvalue weighted by molar-refractivity contribution is -0.121. The van der Waals surface area contributed by atoms with Gasteiger partial charge in [-0.25, -0.2) is 8.42 Å². The van der Waals surface area contributed by atoms with Crippen LogP contribution in [0.1, 0.15) is 31.9 Å². The molecule has 0 aromatic heterocycles. The second kappa shape index (κ2) is 10.3. The summed E-state index contributed by atoms with van der Waals surface area (Å²) in [4.78, 5) is 12.3. The molecule has 0 aliphatic carbocycles. The summed E-state index contributed by atoms with van der Waals surface area (Å²) >= 11 is 6.12. The first-order valence-corrected chi connectivity index (χ1v) is 11.9. The summed E-state index contributed by atoms with van der Waals surface area (Å²) in [6.07, 6.45) is 1.07. The highest BCUT2D eigenvalue weighted by atomic mass is 35.5. The Morgan fingerprint density at radius 2 is 1.73 bits per heavy atom. The first-order chi connectivity index (χ1) is 14.0. The Morgan fingerprint density at radius 1 is 1.10 bits per heavy atom. The maximum Gasteiger partial charge on any atom is 0.235 e. The Bertz CT molecular complexity index is 971. The number of rotatable bonds is 9. The van der Waals surface area contributed by atoms with Gasteiger partial charge in [0.1, 0.15) is 12.4 Å². The largest absolute Gasteiger partial charge is 0.491 e. The molecule has 1 amide bonds. The molecule has 0 aliphatic heterocycles. The van der Waals surface area contributed by atoms with Crippen LogP contribution < -0.4 is 10.1 Å². The fourth-order valence-corrected chi connectivity index (χ4v) is 3.81. The molecular formula is C22H29ClN2O4S. The summed E-state index contributed by atoms with van der Waals surface area (Å²) in [6, 6.07) is 14.7. The molecule has 0 radical (unpaired) electrons. The number of nitrogens with zero attached hydrogens (tertiary/aromatic N) is 1.